The van der Waals surface area contributed by atoms with Crippen LogP contribution in [0, 0.1) is 6.92 Å². The minimum Gasteiger partial charge on any atom is -0.471 e. The summed E-state index contributed by atoms with van der Waals surface area (Å²) in [6.45, 7) is 4.67. The number of amides is 1. The third kappa shape index (κ3) is 5.34. The molecule has 0 saturated heterocycles. The van der Waals surface area contributed by atoms with E-state index >= 15 is 0 Å². The van der Waals surface area contributed by atoms with E-state index in [1.54, 1.807) is 28.0 Å². The van der Waals surface area contributed by atoms with Gasteiger partial charge in [0.05, 0.1) is 28.8 Å². The van der Waals surface area contributed by atoms with Gasteiger partial charge in [-0.15, -0.1) is 0 Å². The summed E-state index contributed by atoms with van der Waals surface area (Å²) in [5, 5.41) is 11.8. The Kier molecular flexibility index (Phi) is 6.13. The summed E-state index contributed by atoms with van der Waals surface area (Å²) in [6.07, 6.45) is 6.33. The number of rotatable bonds is 8. The van der Waals surface area contributed by atoms with Gasteiger partial charge in [-0.25, -0.2) is 4.68 Å². The Morgan fingerprint density at radius 2 is 2.00 bits per heavy atom. The summed E-state index contributed by atoms with van der Waals surface area (Å²) in [5.41, 5.74) is 2.64. The molecule has 0 bridgehead atoms. The first-order valence-corrected chi connectivity index (χ1v) is 9.15. The molecule has 0 fully saturated rings. The van der Waals surface area contributed by atoms with Crippen LogP contribution in [0.1, 0.15) is 24.6 Å². The van der Waals surface area contributed by atoms with Gasteiger partial charge in [0.25, 0.3) is 0 Å². The van der Waals surface area contributed by atoms with Crippen molar-refractivity contribution in [2.24, 2.45) is 0 Å². The molecule has 1 aromatic carbocycles. The molecule has 2 aromatic heterocycles. The maximum Gasteiger partial charge on any atom is 0.226 e. The number of benzene rings is 1. The molecule has 1 N–H and O–H groups in total. The molecule has 0 aliphatic carbocycles. The maximum atomic E-state index is 12.1. The van der Waals surface area contributed by atoms with Gasteiger partial charge >= 0.3 is 0 Å². The minimum atomic E-state index is -0.116. The second kappa shape index (κ2) is 8.73. The number of carbonyl (C=O) groups is 1. The van der Waals surface area contributed by atoms with E-state index in [1.807, 2.05) is 31.2 Å². The van der Waals surface area contributed by atoms with Crippen LogP contribution in [0.15, 0.2) is 42.9 Å². The highest BCUT2D eigenvalue weighted by Gasteiger charge is 2.07. The molecule has 0 aliphatic heterocycles. The van der Waals surface area contributed by atoms with Crippen LogP contribution < -0.4 is 10.1 Å². The summed E-state index contributed by atoms with van der Waals surface area (Å²) in [7, 11) is 0. The summed E-state index contributed by atoms with van der Waals surface area (Å²) >= 11 is 5.96. The highest BCUT2D eigenvalue weighted by atomic mass is 35.5. The molecule has 0 aliphatic rings. The van der Waals surface area contributed by atoms with Crippen molar-refractivity contribution in [1.29, 1.82) is 0 Å². The molecule has 0 radical (unpaired) electrons. The van der Waals surface area contributed by atoms with Crippen LogP contribution in [-0.2, 0) is 24.5 Å². The van der Waals surface area contributed by atoms with E-state index in [2.05, 4.69) is 22.4 Å². The lowest BCUT2D eigenvalue weighted by Crippen LogP contribution is -2.14. The lowest BCUT2D eigenvalue weighted by atomic mass is 10.2. The van der Waals surface area contributed by atoms with E-state index in [-0.39, 0.29) is 12.6 Å². The number of aryl methyl sites for hydroxylation is 3. The first-order chi connectivity index (χ1) is 13.0. The molecule has 3 aromatic rings. The van der Waals surface area contributed by atoms with Crippen molar-refractivity contribution < 1.29 is 9.53 Å². The zero-order chi connectivity index (χ0) is 19.2. The smallest absolute Gasteiger partial charge is 0.226 e. The Morgan fingerprint density at radius 3 is 2.67 bits per heavy atom. The number of nitrogens with zero attached hydrogens (tertiary/aromatic N) is 4. The van der Waals surface area contributed by atoms with Gasteiger partial charge in [0.1, 0.15) is 5.75 Å². The van der Waals surface area contributed by atoms with Crippen LogP contribution in [0.25, 0.3) is 0 Å². The Balaban J connectivity index is 1.45. The van der Waals surface area contributed by atoms with Crippen LogP contribution >= 0.6 is 11.6 Å². The Hall–Kier alpha value is -2.80. The van der Waals surface area contributed by atoms with E-state index in [0.717, 1.165) is 17.9 Å². The first-order valence-electron chi connectivity index (χ1n) is 8.77. The standard InChI is InChI=1S/C19H22ClN5O2/c1-3-15-4-6-17(7-5-15)27-13-25-11-16(10-21-25)22-19(26)8-9-24-12-18(20)14(2)23-24/h4-7,10-12H,3,8-9,13H2,1-2H3,(H,22,26). The van der Waals surface area contributed by atoms with E-state index in [1.165, 1.54) is 5.56 Å². The van der Waals surface area contributed by atoms with Crippen molar-refractivity contribution >= 4 is 23.2 Å². The molecular formula is C19H22ClN5O2. The highest BCUT2D eigenvalue weighted by molar-refractivity contribution is 6.31. The van der Waals surface area contributed by atoms with Gasteiger partial charge in [0.15, 0.2) is 6.73 Å². The van der Waals surface area contributed by atoms with Gasteiger partial charge in [-0.2, -0.15) is 10.2 Å². The van der Waals surface area contributed by atoms with Gasteiger partial charge in [-0.3, -0.25) is 9.48 Å². The summed E-state index contributed by atoms with van der Waals surface area (Å²) in [6, 6.07) is 7.96. The molecule has 0 unspecified atom stereocenters. The molecule has 0 spiro atoms. The fourth-order valence-corrected chi connectivity index (χ4v) is 2.66. The second-order valence-corrected chi connectivity index (χ2v) is 6.57. The summed E-state index contributed by atoms with van der Waals surface area (Å²) in [5.74, 6) is 0.663. The Bertz CT molecular complexity index is 882. The Morgan fingerprint density at radius 1 is 1.22 bits per heavy atom. The van der Waals surface area contributed by atoms with Gasteiger partial charge in [-0.05, 0) is 31.0 Å². The fourth-order valence-electron chi connectivity index (χ4n) is 2.51. The SMILES string of the molecule is CCc1ccc(OCn2cc(NC(=O)CCn3cc(Cl)c(C)n3)cn2)cc1. The minimum absolute atomic E-state index is 0.116. The lowest BCUT2D eigenvalue weighted by Gasteiger charge is -2.06. The number of hydrogen-bond donors (Lipinski definition) is 1. The van der Waals surface area contributed by atoms with Crippen LogP contribution in [-0.4, -0.2) is 25.5 Å². The molecule has 7 nitrogen and oxygen atoms in total. The van der Waals surface area contributed by atoms with Crippen molar-refractivity contribution in [3.8, 4) is 5.75 Å². The van der Waals surface area contributed by atoms with Gasteiger partial charge < -0.3 is 10.1 Å². The molecule has 3 rings (SSSR count). The van der Waals surface area contributed by atoms with E-state index in [0.29, 0.717) is 23.7 Å². The molecule has 0 saturated carbocycles. The van der Waals surface area contributed by atoms with Crippen LogP contribution in [0.3, 0.4) is 0 Å². The Labute approximate surface area is 162 Å². The largest absolute Gasteiger partial charge is 0.471 e. The highest BCUT2D eigenvalue weighted by Crippen LogP contribution is 2.14. The number of ether oxygens (including phenoxy) is 1. The molecule has 27 heavy (non-hydrogen) atoms. The molecular weight excluding hydrogens is 366 g/mol. The van der Waals surface area contributed by atoms with Gasteiger partial charge in [-0.1, -0.05) is 30.7 Å². The second-order valence-electron chi connectivity index (χ2n) is 6.16. The predicted molar refractivity (Wildman–Crippen MR) is 104 cm³/mol. The van der Waals surface area contributed by atoms with Crippen LogP contribution in [0.4, 0.5) is 5.69 Å². The normalized spacial score (nSPS) is 10.8. The van der Waals surface area contributed by atoms with E-state index in [9.17, 15) is 4.79 Å². The van der Waals surface area contributed by atoms with Crippen LogP contribution in [0.2, 0.25) is 5.02 Å². The maximum absolute atomic E-state index is 12.1. The van der Waals surface area contributed by atoms with Crippen molar-refractivity contribution in [3.05, 3.63) is 59.1 Å². The lowest BCUT2D eigenvalue weighted by molar-refractivity contribution is -0.116. The monoisotopic (exact) mass is 387 g/mol. The molecule has 8 heteroatoms. The average molecular weight is 388 g/mol. The summed E-state index contributed by atoms with van der Waals surface area (Å²) in [4.78, 5) is 12.1. The molecule has 2 heterocycles. The third-order valence-electron chi connectivity index (χ3n) is 4.07. The number of halogens is 1. The van der Waals surface area contributed by atoms with Crippen molar-refractivity contribution in [2.75, 3.05) is 5.32 Å². The fraction of sp³-hybridized carbons (Fsp3) is 0.316. The zero-order valence-electron chi connectivity index (χ0n) is 15.4. The van der Waals surface area contributed by atoms with Crippen molar-refractivity contribution in [1.82, 2.24) is 19.6 Å². The topological polar surface area (TPSA) is 74.0 Å². The third-order valence-corrected chi connectivity index (χ3v) is 4.44. The molecule has 0 atom stereocenters. The van der Waals surface area contributed by atoms with Gasteiger partial charge in [0, 0.05) is 19.2 Å². The first kappa shape index (κ1) is 19.0. The van der Waals surface area contributed by atoms with Crippen molar-refractivity contribution in [2.45, 2.75) is 40.0 Å². The van der Waals surface area contributed by atoms with E-state index in [4.69, 9.17) is 16.3 Å². The average Bonchev–Trinajstić information content (AvgIpc) is 3.25. The number of carbonyl (C=O) groups excluding carboxylic acids is 1. The summed E-state index contributed by atoms with van der Waals surface area (Å²) < 4.78 is 8.98. The number of anilines is 1. The number of aromatic nitrogens is 4. The van der Waals surface area contributed by atoms with E-state index < -0.39 is 0 Å². The number of hydrogen-bond acceptors (Lipinski definition) is 4. The van der Waals surface area contributed by atoms with Crippen molar-refractivity contribution in [3.63, 3.8) is 0 Å². The van der Waals surface area contributed by atoms with Gasteiger partial charge in [0.2, 0.25) is 5.91 Å². The molecule has 142 valence electrons. The predicted octanol–water partition coefficient (Wildman–Crippen LogP) is 3.67. The quantitative estimate of drug-likeness (QED) is 0.640. The number of nitrogens with one attached hydrogen (secondary N) is 1. The zero-order valence-corrected chi connectivity index (χ0v) is 16.1. The molecule has 1 amide bonds. The van der Waals surface area contributed by atoms with Crippen LogP contribution in [0.5, 0.6) is 5.75 Å².